The van der Waals surface area contributed by atoms with Gasteiger partial charge in [0.2, 0.25) is 0 Å². The van der Waals surface area contributed by atoms with Gasteiger partial charge in [-0.2, -0.15) is 0 Å². The van der Waals surface area contributed by atoms with Crippen molar-refractivity contribution in [1.29, 1.82) is 0 Å². The van der Waals surface area contributed by atoms with Crippen molar-refractivity contribution in [3.05, 3.63) is 77.1 Å². The quantitative estimate of drug-likeness (QED) is 0.534. The molecule has 3 aromatic rings. The van der Waals surface area contributed by atoms with E-state index in [0.29, 0.717) is 38.8 Å². The van der Waals surface area contributed by atoms with E-state index in [4.69, 9.17) is 9.47 Å². The summed E-state index contributed by atoms with van der Waals surface area (Å²) in [6.45, 7) is 2.00. The standard InChI is InChI=1S/C24H23F3N2O3/c1-31-22-9-6-16-4-2-3-5-17(16)18(22)14-28-10-12-29(13-11-28)24(30)32-15-19-20(25)7-8-21(26)23(19)27/h2-9H,10-15H2,1H3. The zero-order valence-corrected chi connectivity index (χ0v) is 17.6. The maximum absolute atomic E-state index is 13.7. The lowest BCUT2D eigenvalue weighted by atomic mass is 10.0. The molecular weight excluding hydrogens is 421 g/mol. The lowest BCUT2D eigenvalue weighted by molar-refractivity contribution is 0.0685. The number of methoxy groups -OCH3 is 1. The van der Waals surface area contributed by atoms with Gasteiger partial charge in [-0.25, -0.2) is 18.0 Å². The van der Waals surface area contributed by atoms with Crippen LogP contribution in [0.3, 0.4) is 0 Å². The topological polar surface area (TPSA) is 42.0 Å². The fourth-order valence-electron chi connectivity index (χ4n) is 3.91. The van der Waals surface area contributed by atoms with Gasteiger partial charge in [0.05, 0.1) is 12.7 Å². The number of carbonyl (C=O) groups is 1. The van der Waals surface area contributed by atoms with Gasteiger partial charge >= 0.3 is 6.09 Å². The molecule has 168 valence electrons. The summed E-state index contributed by atoms with van der Waals surface area (Å²) in [4.78, 5) is 16.0. The first-order chi connectivity index (χ1) is 15.5. The number of amides is 1. The molecule has 1 heterocycles. The van der Waals surface area contributed by atoms with Gasteiger partial charge in [-0.1, -0.05) is 30.3 Å². The number of benzene rings is 3. The van der Waals surface area contributed by atoms with E-state index in [1.807, 2.05) is 24.3 Å². The van der Waals surface area contributed by atoms with Crippen LogP contribution in [-0.2, 0) is 17.9 Å². The van der Waals surface area contributed by atoms with Crippen LogP contribution in [0.15, 0.2) is 48.5 Å². The second-order valence-corrected chi connectivity index (χ2v) is 7.61. The third-order valence-corrected chi connectivity index (χ3v) is 5.71. The highest BCUT2D eigenvalue weighted by atomic mass is 19.2. The normalized spacial score (nSPS) is 14.6. The van der Waals surface area contributed by atoms with Crippen LogP contribution in [0.4, 0.5) is 18.0 Å². The fraction of sp³-hybridized carbons (Fsp3) is 0.292. The highest BCUT2D eigenvalue weighted by Gasteiger charge is 2.24. The Labute approximate surface area is 183 Å². The van der Waals surface area contributed by atoms with Gasteiger partial charge < -0.3 is 14.4 Å². The molecule has 8 heteroatoms. The van der Waals surface area contributed by atoms with E-state index in [1.165, 1.54) is 4.90 Å². The Morgan fingerprint density at radius 1 is 0.906 bits per heavy atom. The third-order valence-electron chi connectivity index (χ3n) is 5.71. The third kappa shape index (κ3) is 4.50. The first-order valence-electron chi connectivity index (χ1n) is 10.3. The highest BCUT2D eigenvalue weighted by molar-refractivity contribution is 5.87. The maximum Gasteiger partial charge on any atom is 0.410 e. The van der Waals surface area contributed by atoms with Crippen molar-refractivity contribution >= 4 is 16.9 Å². The van der Waals surface area contributed by atoms with Gasteiger partial charge in [0.15, 0.2) is 11.6 Å². The zero-order chi connectivity index (χ0) is 22.7. The van der Waals surface area contributed by atoms with Crippen LogP contribution in [0, 0.1) is 17.5 Å². The number of hydrogen-bond donors (Lipinski definition) is 0. The van der Waals surface area contributed by atoms with E-state index in [-0.39, 0.29) is 0 Å². The van der Waals surface area contributed by atoms with Crippen molar-refractivity contribution in [2.45, 2.75) is 13.2 Å². The van der Waals surface area contributed by atoms with Crippen LogP contribution >= 0.6 is 0 Å². The summed E-state index contributed by atoms with van der Waals surface area (Å²) in [5, 5.41) is 2.25. The number of rotatable bonds is 5. The van der Waals surface area contributed by atoms with E-state index in [1.54, 1.807) is 7.11 Å². The van der Waals surface area contributed by atoms with Gasteiger partial charge in [0, 0.05) is 38.3 Å². The number of piperazine rings is 1. The molecule has 32 heavy (non-hydrogen) atoms. The number of hydrogen-bond acceptors (Lipinski definition) is 4. The minimum atomic E-state index is -1.34. The smallest absolute Gasteiger partial charge is 0.410 e. The summed E-state index contributed by atoms with van der Waals surface area (Å²) in [6, 6.07) is 13.6. The van der Waals surface area contributed by atoms with Gasteiger partial charge in [-0.15, -0.1) is 0 Å². The first kappa shape index (κ1) is 22.0. The molecule has 1 amide bonds. The molecule has 0 unspecified atom stereocenters. The van der Waals surface area contributed by atoms with E-state index < -0.39 is 35.7 Å². The Morgan fingerprint density at radius 2 is 1.62 bits per heavy atom. The molecule has 5 nitrogen and oxygen atoms in total. The molecule has 0 spiro atoms. The molecule has 0 radical (unpaired) electrons. The summed E-state index contributed by atoms with van der Waals surface area (Å²) in [5.74, 6) is -2.67. The van der Waals surface area contributed by atoms with Crippen LogP contribution < -0.4 is 4.74 Å². The van der Waals surface area contributed by atoms with E-state index >= 15 is 0 Å². The molecule has 0 saturated carbocycles. The van der Waals surface area contributed by atoms with Crippen LogP contribution in [-0.4, -0.2) is 49.2 Å². The summed E-state index contributed by atoms with van der Waals surface area (Å²) < 4.78 is 51.4. The summed E-state index contributed by atoms with van der Waals surface area (Å²) in [7, 11) is 1.64. The average Bonchev–Trinajstić information content (AvgIpc) is 2.82. The Bertz CT molecular complexity index is 1130. The van der Waals surface area contributed by atoms with E-state index in [0.717, 1.165) is 28.2 Å². The van der Waals surface area contributed by atoms with Crippen LogP contribution in [0.5, 0.6) is 5.75 Å². The van der Waals surface area contributed by atoms with E-state index in [9.17, 15) is 18.0 Å². The van der Waals surface area contributed by atoms with Gasteiger partial charge in [-0.3, -0.25) is 4.90 Å². The summed E-state index contributed by atoms with van der Waals surface area (Å²) in [5.41, 5.74) is 0.485. The molecule has 4 rings (SSSR count). The second-order valence-electron chi connectivity index (χ2n) is 7.61. The van der Waals surface area contributed by atoms with Crippen LogP contribution in [0.1, 0.15) is 11.1 Å². The van der Waals surface area contributed by atoms with Crippen LogP contribution in [0.2, 0.25) is 0 Å². The molecule has 0 N–H and O–H groups in total. The lowest BCUT2D eigenvalue weighted by Gasteiger charge is -2.34. The molecule has 0 atom stereocenters. The predicted octanol–water partition coefficient (Wildman–Crippen LogP) is 4.72. The molecular formula is C24H23F3N2O3. The SMILES string of the molecule is COc1ccc2ccccc2c1CN1CCN(C(=O)OCc2c(F)ccc(F)c2F)CC1. The largest absolute Gasteiger partial charge is 0.496 e. The van der Waals surface area contributed by atoms with Crippen molar-refractivity contribution in [3.8, 4) is 5.75 Å². The van der Waals surface area contributed by atoms with Gasteiger partial charge in [-0.05, 0) is 29.0 Å². The van der Waals surface area contributed by atoms with Gasteiger partial charge in [0.25, 0.3) is 0 Å². The molecule has 0 aromatic heterocycles. The Kier molecular flexibility index (Phi) is 6.50. The lowest BCUT2D eigenvalue weighted by Crippen LogP contribution is -2.48. The number of halogens is 3. The summed E-state index contributed by atoms with van der Waals surface area (Å²) in [6.07, 6.45) is -0.685. The number of ether oxygens (including phenoxy) is 2. The van der Waals surface area contributed by atoms with E-state index in [2.05, 4.69) is 17.0 Å². The molecule has 1 fully saturated rings. The predicted molar refractivity (Wildman–Crippen MR) is 114 cm³/mol. The number of fused-ring (bicyclic) bond motifs is 1. The molecule has 0 aliphatic carbocycles. The molecule has 1 saturated heterocycles. The van der Waals surface area contributed by atoms with Crippen molar-refractivity contribution < 1.29 is 27.4 Å². The van der Waals surface area contributed by atoms with Crippen molar-refractivity contribution in [2.24, 2.45) is 0 Å². The minimum absolute atomic E-state index is 0.403. The second kappa shape index (κ2) is 9.48. The maximum atomic E-state index is 13.7. The molecule has 1 aliphatic heterocycles. The molecule has 0 bridgehead atoms. The number of nitrogens with zero attached hydrogens (tertiary/aromatic N) is 2. The van der Waals surface area contributed by atoms with Crippen molar-refractivity contribution in [3.63, 3.8) is 0 Å². The fourth-order valence-corrected chi connectivity index (χ4v) is 3.91. The monoisotopic (exact) mass is 444 g/mol. The van der Waals surface area contributed by atoms with Crippen molar-refractivity contribution in [2.75, 3.05) is 33.3 Å². The first-order valence-corrected chi connectivity index (χ1v) is 10.3. The number of carbonyl (C=O) groups excluding carboxylic acids is 1. The average molecular weight is 444 g/mol. The highest BCUT2D eigenvalue weighted by Crippen LogP contribution is 2.29. The van der Waals surface area contributed by atoms with Crippen LogP contribution in [0.25, 0.3) is 10.8 Å². The Morgan fingerprint density at radius 3 is 2.38 bits per heavy atom. The Balaban J connectivity index is 1.36. The van der Waals surface area contributed by atoms with Gasteiger partial charge in [0.1, 0.15) is 18.2 Å². The van der Waals surface area contributed by atoms with Crippen molar-refractivity contribution in [1.82, 2.24) is 9.80 Å². The minimum Gasteiger partial charge on any atom is -0.496 e. The zero-order valence-electron chi connectivity index (χ0n) is 17.6. The molecule has 3 aromatic carbocycles. The Hall–Kier alpha value is -3.26. The summed E-state index contributed by atoms with van der Waals surface area (Å²) >= 11 is 0. The molecule has 1 aliphatic rings.